The van der Waals surface area contributed by atoms with Crippen LogP contribution >= 0.6 is 35.3 Å². The SMILES string of the molecule is CCc1cnc(CCNC(=NC)NCCCOC2CCCCC2)s1.I. The quantitative estimate of drug-likeness (QED) is 0.245. The fourth-order valence-corrected chi connectivity index (χ4v) is 3.76. The number of nitrogens with one attached hydrogen (secondary N) is 2. The van der Waals surface area contributed by atoms with Gasteiger partial charge in [0.2, 0.25) is 0 Å². The van der Waals surface area contributed by atoms with Gasteiger partial charge in [-0.1, -0.05) is 26.2 Å². The van der Waals surface area contributed by atoms with Crippen molar-refractivity contribution in [2.75, 3.05) is 26.7 Å². The number of guanidine groups is 1. The summed E-state index contributed by atoms with van der Waals surface area (Å²) in [6.45, 7) is 4.76. The Hall–Kier alpha value is -0.410. The van der Waals surface area contributed by atoms with Crippen molar-refractivity contribution in [3.63, 3.8) is 0 Å². The number of thiazole rings is 1. The number of hydrogen-bond donors (Lipinski definition) is 2. The first-order valence-corrected chi connectivity index (χ1v) is 10.1. The topological polar surface area (TPSA) is 58.5 Å². The molecule has 1 fully saturated rings. The monoisotopic (exact) mass is 480 g/mol. The lowest BCUT2D eigenvalue weighted by Gasteiger charge is -2.22. The molecule has 0 atom stereocenters. The van der Waals surface area contributed by atoms with Crippen LogP contribution in [0.15, 0.2) is 11.2 Å². The first kappa shape index (κ1) is 22.6. The highest BCUT2D eigenvalue weighted by Crippen LogP contribution is 2.20. The Morgan fingerprint density at radius 2 is 2.04 bits per heavy atom. The summed E-state index contributed by atoms with van der Waals surface area (Å²) in [5.41, 5.74) is 0. The normalized spacial score (nSPS) is 15.7. The minimum atomic E-state index is 0. The number of aromatic nitrogens is 1. The van der Waals surface area contributed by atoms with Crippen LogP contribution in [0.3, 0.4) is 0 Å². The van der Waals surface area contributed by atoms with E-state index in [4.69, 9.17) is 4.74 Å². The van der Waals surface area contributed by atoms with E-state index in [1.807, 2.05) is 13.2 Å². The maximum absolute atomic E-state index is 5.94. The molecule has 1 aromatic heterocycles. The van der Waals surface area contributed by atoms with E-state index < -0.39 is 0 Å². The first-order valence-electron chi connectivity index (χ1n) is 9.31. The van der Waals surface area contributed by atoms with E-state index >= 15 is 0 Å². The molecular weight excluding hydrogens is 447 g/mol. The van der Waals surface area contributed by atoms with E-state index in [1.165, 1.54) is 42.0 Å². The van der Waals surface area contributed by atoms with Gasteiger partial charge in [0.15, 0.2) is 5.96 Å². The molecule has 144 valence electrons. The summed E-state index contributed by atoms with van der Waals surface area (Å²) in [6.07, 6.45) is 12.0. The molecule has 5 nitrogen and oxygen atoms in total. The third kappa shape index (κ3) is 9.19. The molecule has 1 aromatic rings. The van der Waals surface area contributed by atoms with Gasteiger partial charge < -0.3 is 15.4 Å². The molecule has 0 radical (unpaired) electrons. The second kappa shape index (κ2) is 13.7. The Morgan fingerprint density at radius 3 is 2.72 bits per heavy atom. The van der Waals surface area contributed by atoms with E-state index in [2.05, 4.69) is 27.5 Å². The molecule has 0 spiro atoms. The van der Waals surface area contributed by atoms with Crippen LogP contribution in [-0.4, -0.2) is 43.8 Å². The van der Waals surface area contributed by atoms with Gasteiger partial charge in [-0.05, 0) is 25.7 Å². The molecule has 25 heavy (non-hydrogen) atoms. The molecule has 1 aliphatic rings. The van der Waals surface area contributed by atoms with Crippen LogP contribution in [0.25, 0.3) is 0 Å². The third-order valence-corrected chi connectivity index (χ3v) is 5.53. The van der Waals surface area contributed by atoms with Gasteiger partial charge in [-0.3, -0.25) is 4.99 Å². The number of hydrogen-bond acceptors (Lipinski definition) is 4. The van der Waals surface area contributed by atoms with Gasteiger partial charge in [0.1, 0.15) is 0 Å². The second-order valence-electron chi connectivity index (χ2n) is 6.23. The van der Waals surface area contributed by atoms with Gasteiger partial charge in [0, 0.05) is 44.2 Å². The summed E-state index contributed by atoms with van der Waals surface area (Å²) in [6, 6.07) is 0. The van der Waals surface area contributed by atoms with Crippen molar-refractivity contribution in [1.29, 1.82) is 0 Å². The predicted molar refractivity (Wildman–Crippen MR) is 117 cm³/mol. The van der Waals surface area contributed by atoms with Gasteiger partial charge in [-0.25, -0.2) is 4.98 Å². The van der Waals surface area contributed by atoms with Crippen molar-refractivity contribution in [3.8, 4) is 0 Å². The summed E-state index contributed by atoms with van der Waals surface area (Å²) < 4.78 is 5.94. The van der Waals surface area contributed by atoms with Crippen LogP contribution in [0.5, 0.6) is 0 Å². The molecule has 1 aliphatic carbocycles. The van der Waals surface area contributed by atoms with E-state index in [1.54, 1.807) is 11.3 Å². The Balaban J connectivity index is 0.00000312. The number of ether oxygens (including phenoxy) is 1. The average Bonchev–Trinajstić information content (AvgIpc) is 3.09. The molecular formula is C18H33IN4OS. The summed E-state index contributed by atoms with van der Waals surface area (Å²) in [5, 5.41) is 7.89. The lowest BCUT2D eigenvalue weighted by molar-refractivity contribution is 0.0277. The molecule has 0 amide bonds. The maximum atomic E-state index is 5.94. The molecule has 7 heteroatoms. The summed E-state index contributed by atoms with van der Waals surface area (Å²) in [4.78, 5) is 10.1. The van der Waals surface area contributed by atoms with Crippen LogP contribution in [-0.2, 0) is 17.6 Å². The molecule has 0 unspecified atom stereocenters. The van der Waals surface area contributed by atoms with Crippen LogP contribution in [0.4, 0.5) is 0 Å². The zero-order valence-corrected chi connectivity index (χ0v) is 18.7. The van der Waals surface area contributed by atoms with Crippen LogP contribution in [0, 0.1) is 0 Å². The fraction of sp³-hybridized carbons (Fsp3) is 0.778. The molecule has 0 aliphatic heterocycles. The Bertz CT molecular complexity index is 489. The Kier molecular flexibility index (Phi) is 12.4. The molecule has 0 aromatic carbocycles. The standard InChI is InChI=1S/C18H32N4OS.HI/c1-3-16-14-22-17(24-16)10-12-21-18(19-2)20-11-7-13-23-15-8-5-4-6-9-15;/h14-15H,3-13H2,1-2H3,(H2,19,20,21);1H. The van der Waals surface area contributed by atoms with E-state index in [9.17, 15) is 0 Å². The zero-order chi connectivity index (χ0) is 17.0. The molecule has 1 heterocycles. The van der Waals surface area contributed by atoms with Crippen molar-refractivity contribution >= 4 is 41.3 Å². The number of nitrogens with zero attached hydrogens (tertiary/aromatic N) is 2. The lowest BCUT2D eigenvalue weighted by atomic mass is 9.98. The Morgan fingerprint density at radius 1 is 1.28 bits per heavy atom. The van der Waals surface area contributed by atoms with Crippen molar-refractivity contribution in [3.05, 3.63) is 16.1 Å². The summed E-state index contributed by atoms with van der Waals surface area (Å²) in [7, 11) is 1.81. The highest BCUT2D eigenvalue weighted by Gasteiger charge is 2.12. The number of halogens is 1. The minimum Gasteiger partial charge on any atom is -0.378 e. The smallest absolute Gasteiger partial charge is 0.190 e. The second-order valence-corrected chi connectivity index (χ2v) is 7.43. The third-order valence-electron chi connectivity index (χ3n) is 4.32. The van der Waals surface area contributed by atoms with E-state index in [0.717, 1.165) is 44.9 Å². The van der Waals surface area contributed by atoms with Gasteiger partial charge in [0.25, 0.3) is 0 Å². The molecule has 0 saturated heterocycles. The lowest BCUT2D eigenvalue weighted by Crippen LogP contribution is -2.39. The first-order chi connectivity index (χ1) is 11.8. The molecule has 0 bridgehead atoms. The number of aryl methyl sites for hydroxylation is 1. The summed E-state index contributed by atoms with van der Waals surface area (Å²) >= 11 is 1.80. The predicted octanol–water partition coefficient (Wildman–Crippen LogP) is 3.77. The highest BCUT2D eigenvalue weighted by atomic mass is 127. The average molecular weight is 480 g/mol. The van der Waals surface area contributed by atoms with E-state index in [0.29, 0.717) is 6.10 Å². The number of rotatable bonds is 9. The molecule has 2 rings (SSSR count). The van der Waals surface area contributed by atoms with Crippen LogP contribution in [0.2, 0.25) is 0 Å². The number of aliphatic imine (C=N–C) groups is 1. The molecule has 1 saturated carbocycles. The highest BCUT2D eigenvalue weighted by molar-refractivity contribution is 14.0. The van der Waals surface area contributed by atoms with Crippen molar-refractivity contribution < 1.29 is 4.74 Å². The van der Waals surface area contributed by atoms with Crippen molar-refractivity contribution in [1.82, 2.24) is 15.6 Å². The zero-order valence-electron chi connectivity index (χ0n) is 15.6. The van der Waals surface area contributed by atoms with Crippen LogP contribution in [0.1, 0.15) is 55.3 Å². The van der Waals surface area contributed by atoms with Gasteiger partial charge in [-0.2, -0.15) is 0 Å². The van der Waals surface area contributed by atoms with Crippen molar-refractivity contribution in [2.45, 2.75) is 64.4 Å². The Labute approximate surface area is 173 Å². The maximum Gasteiger partial charge on any atom is 0.190 e. The summed E-state index contributed by atoms with van der Waals surface area (Å²) in [5.74, 6) is 0.861. The van der Waals surface area contributed by atoms with E-state index in [-0.39, 0.29) is 24.0 Å². The van der Waals surface area contributed by atoms with Gasteiger partial charge >= 0.3 is 0 Å². The van der Waals surface area contributed by atoms with Gasteiger partial charge in [-0.15, -0.1) is 35.3 Å². The van der Waals surface area contributed by atoms with Gasteiger partial charge in [0.05, 0.1) is 11.1 Å². The van der Waals surface area contributed by atoms with Crippen LogP contribution < -0.4 is 10.6 Å². The minimum absolute atomic E-state index is 0. The van der Waals surface area contributed by atoms with Crippen molar-refractivity contribution in [2.24, 2.45) is 4.99 Å². The fourth-order valence-electron chi connectivity index (χ4n) is 2.90. The largest absolute Gasteiger partial charge is 0.378 e. The molecule has 2 N–H and O–H groups in total.